The van der Waals surface area contributed by atoms with Gasteiger partial charge in [-0.1, -0.05) is 48.5 Å². The van der Waals surface area contributed by atoms with Gasteiger partial charge in [-0.2, -0.15) is 0 Å². The van der Waals surface area contributed by atoms with Gasteiger partial charge in [0.05, 0.1) is 0 Å². The third-order valence-electron chi connectivity index (χ3n) is 6.30. The molecule has 4 nitrogen and oxygen atoms in total. The first-order valence-electron chi connectivity index (χ1n) is 9.70. The number of rotatable bonds is 3. The molecule has 1 aliphatic heterocycles. The minimum absolute atomic E-state index is 0.0674. The van der Waals surface area contributed by atoms with E-state index in [9.17, 15) is 9.59 Å². The van der Waals surface area contributed by atoms with E-state index >= 15 is 0 Å². The van der Waals surface area contributed by atoms with Gasteiger partial charge in [-0.25, -0.2) is 0 Å². The van der Waals surface area contributed by atoms with Gasteiger partial charge in [-0.3, -0.25) is 9.59 Å². The van der Waals surface area contributed by atoms with Crippen LogP contribution in [-0.4, -0.2) is 48.3 Å². The highest BCUT2D eigenvalue weighted by molar-refractivity contribution is 6.01. The molecule has 3 atom stereocenters. The van der Waals surface area contributed by atoms with Gasteiger partial charge >= 0.3 is 0 Å². The second-order valence-corrected chi connectivity index (χ2v) is 7.95. The van der Waals surface area contributed by atoms with Gasteiger partial charge in [-0.05, 0) is 41.9 Å². The van der Waals surface area contributed by atoms with Gasteiger partial charge in [0.25, 0.3) is 5.91 Å². The average molecular weight is 362 g/mol. The van der Waals surface area contributed by atoms with Gasteiger partial charge in [0.15, 0.2) is 0 Å². The van der Waals surface area contributed by atoms with Crippen molar-refractivity contribution in [2.45, 2.75) is 25.3 Å². The molecule has 2 aliphatic rings. The topological polar surface area (TPSA) is 40.6 Å². The van der Waals surface area contributed by atoms with Crippen LogP contribution in [0, 0.1) is 11.8 Å². The lowest BCUT2D eigenvalue weighted by Crippen LogP contribution is -2.40. The maximum atomic E-state index is 13.3. The van der Waals surface area contributed by atoms with Crippen molar-refractivity contribution in [2.24, 2.45) is 11.8 Å². The largest absolute Gasteiger partial charge is 0.345 e. The molecule has 4 rings (SSSR count). The van der Waals surface area contributed by atoms with Crippen LogP contribution in [0.15, 0.2) is 54.6 Å². The number of piperidine rings is 1. The Labute approximate surface area is 160 Å². The van der Waals surface area contributed by atoms with Gasteiger partial charge in [-0.15, -0.1) is 0 Å². The van der Waals surface area contributed by atoms with E-state index < -0.39 is 0 Å². The molecular formula is C23H26N2O2. The fourth-order valence-corrected chi connectivity index (χ4v) is 4.70. The summed E-state index contributed by atoms with van der Waals surface area (Å²) >= 11 is 0. The molecule has 1 heterocycles. The Morgan fingerprint density at radius 1 is 1.00 bits per heavy atom. The summed E-state index contributed by atoms with van der Waals surface area (Å²) in [5.74, 6) is 1.23. The van der Waals surface area contributed by atoms with Crippen molar-refractivity contribution in [3.8, 4) is 11.1 Å². The number of benzene rings is 2. The molecule has 2 amide bonds. The van der Waals surface area contributed by atoms with E-state index in [0.717, 1.165) is 36.1 Å². The number of fused-ring (bicyclic) bond motifs is 1. The molecule has 2 aromatic rings. The highest BCUT2D eigenvalue weighted by Gasteiger charge is 2.42. The van der Waals surface area contributed by atoms with Gasteiger partial charge < -0.3 is 9.80 Å². The summed E-state index contributed by atoms with van der Waals surface area (Å²) in [6.45, 7) is 0.822. The molecule has 1 saturated heterocycles. The van der Waals surface area contributed by atoms with E-state index in [1.165, 1.54) is 0 Å². The monoisotopic (exact) mass is 362 g/mol. The van der Waals surface area contributed by atoms with Crippen molar-refractivity contribution in [1.82, 2.24) is 9.80 Å². The number of hydrogen-bond acceptors (Lipinski definition) is 2. The predicted octanol–water partition coefficient (Wildman–Crippen LogP) is 3.68. The fourth-order valence-electron chi connectivity index (χ4n) is 4.70. The lowest BCUT2D eigenvalue weighted by molar-refractivity contribution is -0.134. The van der Waals surface area contributed by atoms with Crippen LogP contribution in [0.4, 0.5) is 0 Å². The van der Waals surface area contributed by atoms with Gasteiger partial charge in [0.2, 0.25) is 5.91 Å². The maximum absolute atomic E-state index is 13.3. The number of nitrogens with zero attached hydrogens (tertiary/aromatic N) is 2. The number of amides is 2. The molecule has 0 unspecified atom stereocenters. The van der Waals surface area contributed by atoms with Crippen molar-refractivity contribution in [3.05, 3.63) is 60.2 Å². The standard InChI is InChI=1S/C23H26N2O2/c1-24-15-18-13-19(12-17(18)14-22(24)26)25(2)23(27)21-11-7-6-10-20(21)16-8-4-3-5-9-16/h3-11,17-19H,12-15H2,1-2H3/t17-,18+,19-/m1/s1. The van der Waals surface area contributed by atoms with Crippen LogP contribution in [0.3, 0.4) is 0 Å². The third-order valence-corrected chi connectivity index (χ3v) is 6.30. The van der Waals surface area contributed by atoms with Crippen molar-refractivity contribution < 1.29 is 9.59 Å². The Balaban J connectivity index is 1.55. The summed E-state index contributed by atoms with van der Waals surface area (Å²) < 4.78 is 0. The molecule has 0 aromatic heterocycles. The molecule has 1 saturated carbocycles. The minimum atomic E-state index is 0.0674. The average Bonchev–Trinajstić information content (AvgIpc) is 3.10. The molecule has 0 radical (unpaired) electrons. The van der Waals surface area contributed by atoms with E-state index in [0.29, 0.717) is 18.3 Å². The predicted molar refractivity (Wildman–Crippen MR) is 106 cm³/mol. The van der Waals surface area contributed by atoms with Crippen LogP contribution in [0.2, 0.25) is 0 Å². The SMILES string of the molecule is CN1C[C@@H]2C[C@H](N(C)C(=O)c3ccccc3-c3ccccc3)C[C@@H]2CC1=O. The summed E-state index contributed by atoms with van der Waals surface area (Å²) in [5, 5.41) is 0. The molecule has 140 valence electrons. The number of carbonyl (C=O) groups excluding carboxylic acids is 2. The van der Waals surface area contributed by atoms with E-state index in [4.69, 9.17) is 0 Å². The first kappa shape index (κ1) is 17.8. The molecule has 1 aliphatic carbocycles. The molecule has 0 N–H and O–H groups in total. The Kier molecular flexibility index (Phi) is 4.73. The Morgan fingerprint density at radius 2 is 1.67 bits per heavy atom. The third kappa shape index (κ3) is 3.36. The molecule has 0 bridgehead atoms. The molecule has 2 aromatic carbocycles. The van der Waals surface area contributed by atoms with Crippen LogP contribution in [0.5, 0.6) is 0 Å². The first-order chi connectivity index (χ1) is 13.0. The summed E-state index contributed by atoms with van der Waals surface area (Å²) in [7, 11) is 3.80. The Hall–Kier alpha value is -2.62. The number of carbonyl (C=O) groups is 2. The molecular weight excluding hydrogens is 336 g/mol. The Morgan fingerprint density at radius 3 is 2.44 bits per heavy atom. The quantitative estimate of drug-likeness (QED) is 0.836. The smallest absolute Gasteiger partial charge is 0.254 e. The summed E-state index contributed by atoms with van der Waals surface area (Å²) in [5.41, 5.74) is 2.77. The zero-order chi connectivity index (χ0) is 19.0. The molecule has 0 spiro atoms. The van der Waals surface area contributed by atoms with Gasteiger partial charge in [0.1, 0.15) is 0 Å². The van der Waals surface area contributed by atoms with E-state index in [2.05, 4.69) is 0 Å². The minimum Gasteiger partial charge on any atom is -0.345 e. The maximum Gasteiger partial charge on any atom is 0.254 e. The molecule has 27 heavy (non-hydrogen) atoms. The van der Waals surface area contributed by atoms with Crippen molar-refractivity contribution in [1.29, 1.82) is 0 Å². The van der Waals surface area contributed by atoms with Crippen molar-refractivity contribution in [3.63, 3.8) is 0 Å². The summed E-state index contributed by atoms with van der Waals surface area (Å²) in [6, 6.07) is 18.1. The number of hydrogen-bond donors (Lipinski definition) is 0. The highest BCUT2D eigenvalue weighted by atomic mass is 16.2. The molecule has 2 fully saturated rings. The second kappa shape index (κ2) is 7.18. The van der Waals surface area contributed by atoms with Crippen molar-refractivity contribution in [2.75, 3.05) is 20.6 Å². The van der Waals surface area contributed by atoms with Crippen LogP contribution in [0.25, 0.3) is 11.1 Å². The zero-order valence-corrected chi connectivity index (χ0v) is 16.0. The highest BCUT2D eigenvalue weighted by Crippen LogP contribution is 2.40. The van der Waals surface area contributed by atoms with Crippen LogP contribution in [0.1, 0.15) is 29.6 Å². The zero-order valence-electron chi connectivity index (χ0n) is 16.0. The van der Waals surface area contributed by atoms with Crippen LogP contribution >= 0.6 is 0 Å². The second-order valence-electron chi connectivity index (χ2n) is 7.95. The van der Waals surface area contributed by atoms with E-state index in [-0.39, 0.29) is 17.9 Å². The van der Waals surface area contributed by atoms with Crippen molar-refractivity contribution >= 4 is 11.8 Å². The number of likely N-dealkylation sites (tertiary alicyclic amines) is 1. The normalized spacial score (nSPS) is 24.6. The van der Waals surface area contributed by atoms with Gasteiger partial charge in [0, 0.05) is 38.7 Å². The van der Waals surface area contributed by atoms with E-state index in [1.807, 2.05) is 78.5 Å². The summed E-state index contributed by atoms with van der Waals surface area (Å²) in [6.07, 6.45) is 2.54. The summed E-state index contributed by atoms with van der Waals surface area (Å²) in [4.78, 5) is 29.1. The fraction of sp³-hybridized carbons (Fsp3) is 0.391. The molecule has 4 heteroatoms. The van der Waals surface area contributed by atoms with Crippen LogP contribution in [-0.2, 0) is 4.79 Å². The van der Waals surface area contributed by atoms with E-state index in [1.54, 1.807) is 0 Å². The first-order valence-corrected chi connectivity index (χ1v) is 9.70. The lowest BCUT2D eigenvalue weighted by Gasteiger charge is -2.31. The van der Waals surface area contributed by atoms with Crippen LogP contribution < -0.4 is 0 Å². The Bertz CT molecular complexity index is 848. The lowest BCUT2D eigenvalue weighted by atomic mass is 9.88.